The number of hydrogen-bond acceptors (Lipinski definition) is 2. The molecule has 16 heavy (non-hydrogen) atoms. The van der Waals surface area contributed by atoms with Crippen LogP contribution in [0.4, 0.5) is 0 Å². The zero-order chi connectivity index (χ0) is 11.4. The summed E-state index contributed by atoms with van der Waals surface area (Å²) in [5.74, 6) is 0.898. The van der Waals surface area contributed by atoms with Crippen molar-refractivity contribution in [2.75, 3.05) is 0 Å². The van der Waals surface area contributed by atoms with E-state index < -0.39 is 0 Å². The lowest BCUT2D eigenvalue weighted by molar-refractivity contribution is 0.306. The first-order valence-electron chi connectivity index (χ1n) is 5.21. The van der Waals surface area contributed by atoms with Crippen molar-refractivity contribution in [1.29, 1.82) is 0 Å². The van der Waals surface area contributed by atoms with Gasteiger partial charge in [-0.3, -0.25) is 0 Å². The fraction of sp³-hybridized carbons (Fsp3) is 0.143. The molecular weight excluding hydrogens is 216 g/mol. The first kappa shape index (κ1) is 11.1. The number of thiol groups is 1. The van der Waals surface area contributed by atoms with Gasteiger partial charge in [-0.15, -0.1) is 12.6 Å². The summed E-state index contributed by atoms with van der Waals surface area (Å²) in [7, 11) is 0. The van der Waals surface area contributed by atoms with Gasteiger partial charge in [-0.05, 0) is 36.8 Å². The van der Waals surface area contributed by atoms with Crippen LogP contribution in [0.5, 0.6) is 5.75 Å². The lowest BCUT2D eigenvalue weighted by atomic mass is 10.2. The van der Waals surface area contributed by atoms with E-state index in [4.69, 9.17) is 4.74 Å². The molecule has 0 unspecified atom stereocenters. The molecule has 0 bridgehead atoms. The maximum atomic E-state index is 5.67. The molecule has 2 heteroatoms. The summed E-state index contributed by atoms with van der Waals surface area (Å²) in [5, 5.41) is 0. The van der Waals surface area contributed by atoms with Crippen LogP contribution < -0.4 is 4.74 Å². The minimum absolute atomic E-state index is 0.581. The Morgan fingerprint density at radius 1 is 1.06 bits per heavy atom. The standard InChI is InChI=1S/C14H14OS/c1-11-5-7-13(8-6-11)15-10-12-3-2-4-14(16)9-12/h2-9,16H,10H2,1H3. The van der Waals surface area contributed by atoms with Crippen molar-refractivity contribution in [3.63, 3.8) is 0 Å². The average Bonchev–Trinajstić information content (AvgIpc) is 2.28. The van der Waals surface area contributed by atoms with Crippen molar-refractivity contribution in [1.82, 2.24) is 0 Å². The van der Waals surface area contributed by atoms with E-state index in [2.05, 4.69) is 19.6 Å². The van der Waals surface area contributed by atoms with Gasteiger partial charge < -0.3 is 4.74 Å². The number of hydrogen-bond donors (Lipinski definition) is 1. The van der Waals surface area contributed by atoms with E-state index in [1.54, 1.807) is 0 Å². The van der Waals surface area contributed by atoms with Crippen LogP contribution in [0, 0.1) is 6.92 Å². The largest absolute Gasteiger partial charge is 0.489 e. The van der Waals surface area contributed by atoms with E-state index >= 15 is 0 Å². The normalized spacial score (nSPS) is 10.1. The molecule has 0 aliphatic carbocycles. The quantitative estimate of drug-likeness (QED) is 0.788. The summed E-state index contributed by atoms with van der Waals surface area (Å²) in [6.07, 6.45) is 0. The van der Waals surface area contributed by atoms with Gasteiger partial charge in [0, 0.05) is 4.90 Å². The van der Waals surface area contributed by atoms with Crippen LogP contribution >= 0.6 is 12.6 Å². The fourth-order valence-corrected chi connectivity index (χ4v) is 1.70. The van der Waals surface area contributed by atoms with Gasteiger partial charge in [-0.1, -0.05) is 29.8 Å². The average molecular weight is 230 g/mol. The van der Waals surface area contributed by atoms with Gasteiger partial charge >= 0.3 is 0 Å². The van der Waals surface area contributed by atoms with Crippen LogP contribution in [0.2, 0.25) is 0 Å². The molecule has 0 heterocycles. The maximum Gasteiger partial charge on any atom is 0.119 e. The second-order valence-corrected chi connectivity index (χ2v) is 4.29. The zero-order valence-corrected chi connectivity index (χ0v) is 10.1. The van der Waals surface area contributed by atoms with Crippen LogP contribution in [0.1, 0.15) is 11.1 Å². The summed E-state index contributed by atoms with van der Waals surface area (Å²) in [4.78, 5) is 0.963. The molecule has 0 spiro atoms. The molecular formula is C14H14OS. The van der Waals surface area contributed by atoms with Crippen LogP contribution in [0.3, 0.4) is 0 Å². The molecule has 0 aliphatic rings. The molecule has 0 fully saturated rings. The molecule has 0 radical (unpaired) electrons. The molecule has 1 nitrogen and oxygen atoms in total. The Morgan fingerprint density at radius 2 is 1.81 bits per heavy atom. The molecule has 0 aromatic heterocycles. The van der Waals surface area contributed by atoms with Gasteiger partial charge in [-0.2, -0.15) is 0 Å². The third kappa shape index (κ3) is 3.04. The third-order valence-electron chi connectivity index (χ3n) is 2.34. The summed E-state index contributed by atoms with van der Waals surface area (Å²) >= 11 is 4.29. The molecule has 0 saturated heterocycles. The van der Waals surface area contributed by atoms with Gasteiger partial charge in [0.25, 0.3) is 0 Å². The lowest BCUT2D eigenvalue weighted by Gasteiger charge is -2.06. The van der Waals surface area contributed by atoms with E-state index in [9.17, 15) is 0 Å². The van der Waals surface area contributed by atoms with E-state index in [0.29, 0.717) is 6.61 Å². The van der Waals surface area contributed by atoms with Crippen molar-refractivity contribution in [3.05, 3.63) is 59.7 Å². The summed E-state index contributed by atoms with van der Waals surface area (Å²) in [6, 6.07) is 16.0. The number of ether oxygens (including phenoxy) is 1. The van der Waals surface area contributed by atoms with E-state index in [0.717, 1.165) is 16.2 Å². The van der Waals surface area contributed by atoms with Crippen molar-refractivity contribution >= 4 is 12.6 Å². The highest BCUT2D eigenvalue weighted by atomic mass is 32.1. The second-order valence-electron chi connectivity index (χ2n) is 3.77. The van der Waals surface area contributed by atoms with Crippen LogP contribution in [-0.2, 0) is 6.61 Å². The summed E-state index contributed by atoms with van der Waals surface area (Å²) in [6.45, 7) is 2.64. The highest BCUT2D eigenvalue weighted by molar-refractivity contribution is 7.80. The van der Waals surface area contributed by atoms with Gasteiger partial charge in [-0.25, -0.2) is 0 Å². The van der Waals surface area contributed by atoms with Crippen molar-refractivity contribution < 1.29 is 4.74 Å². The molecule has 2 aromatic carbocycles. The maximum absolute atomic E-state index is 5.67. The van der Waals surface area contributed by atoms with Crippen molar-refractivity contribution in [2.24, 2.45) is 0 Å². The van der Waals surface area contributed by atoms with Gasteiger partial charge in [0.1, 0.15) is 12.4 Å². The fourth-order valence-electron chi connectivity index (χ4n) is 1.45. The van der Waals surface area contributed by atoms with Crippen molar-refractivity contribution in [2.45, 2.75) is 18.4 Å². The lowest BCUT2D eigenvalue weighted by Crippen LogP contribution is -1.95. The topological polar surface area (TPSA) is 9.23 Å². The van der Waals surface area contributed by atoms with Gasteiger partial charge in [0.15, 0.2) is 0 Å². The molecule has 2 rings (SSSR count). The van der Waals surface area contributed by atoms with Gasteiger partial charge in [0.2, 0.25) is 0 Å². The Bertz CT molecular complexity index is 462. The highest BCUT2D eigenvalue weighted by Crippen LogP contribution is 2.15. The van der Waals surface area contributed by atoms with Crippen LogP contribution in [0.25, 0.3) is 0 Å². The minimum Gasteiger partial charge on any atom is -0.489 e. The predicted octanol–water partition coefficient (Wildman–Crippen LogP) is 3.86. The summed E-state index contributed by atoms with van der Waals surface area (Å²) in [5.41, 5.74) is 2.37. The summed E-state index contributed by atoms with van der Waals surface area (Å²) < 4.78 is 5.67. The zero-order valence-electron chi connectivity index (χ0n) is 9.18. The number of rotatable bonds is 3. The van der Waals surface area contributed by atoms with E-state index in [1.807, 2.05) is 48.5 Å². The number of benzene rings is 2. The first-order chi connectivity index (χ1) is 7.74. The Kier molecular flexibility index (Phi) is 3.52. The van der Waals surface area contributed by atoms with Crippen LogP contribution in [0.15, 0.2) is 53.4 Å². The third-order valence-corrected chi connectivity index (χ3v) is 2.62. The van der Waals surface area contributed by atoms with E-state index in [-0.39, 0.29) is 0 Å². The smallest absolute Gasteiger partial charge is 0.119 e. The Hall–Kier alpha value is -1.41. The highest BCUT2D eigenvalue weighted by Gasteiger charge is 1.96. The van der Waals surface area contributed by atoms with Crippen molar-refractivity contribution in [3.8, 4) is 5.75 Å². The van der Waals surface area contributed by atoms with Crippen LogP contribution in [-0.4, -0.2) is 0 Å². The monoisotopic (exact) mass is 230 g/mol. The second kappa shape index (κ2) is 5.08. The Balaban J connectivity index is 1.99. The molecule has 0 amide bonds. The molecule has 0 aliphatic heterocycles. The molecule has 82 valence electrons. The SMILES string of the molecule is Cc1ccc(OCc2cccc(S)c2)cc1. The Labute approximate surface area is 101 Å². The van der Waals surface area contributed by atoms with Gasteiger partial charge in [0.05, 0.1) is 0 Å². The molecule has 0 saturated carbocycles. The number of aryl methyl sites for hydroxylation is 1. The molecule has 2 aromatic rings. The van der Waals surface area contributed by atoms with E-state index in [1.165, 1.54) is 5.56 Å². The Morgan fingerprint density at radius 3 is 2.50 bits per heavy atom. The molecule has 0 atom stereocenters. The molecule has 0 N–H and O–H groups in total. The minimum atomic E-state index is 0.581. The predicted molar refractivity (Wildman–Crippen MR) is 69.2 cm³/mol. The first-order valence-corrected chi connectivity index (χ1v) is 5.66.